The molecule has 1 amide bonds. The van der Waals surface area contributed by atoms with E-state index in [1.165, 1.54) is 12.8 Å². The molecule has 8 nitrogen and oxygen atoms in total. The Morgan fingerprint density at radius 1 is 1.12 bits per heavy atom. The number of nitrogens with zero attached hydrogens (tertiary/aromatic N) is 4. The third-order valence-electron chi connectivity index (χ3n) is 5.95. The fourth-order valence-corrected chi connectivity index (χ4v) is 4.34. The summed E-state index contributed by atoms with van der Waals surface area (Å²) in [5, 5.41) is 0.244. The highest BCUT2D eigenvalue weighted by Gasteiger charge is 2.35. The second-order valence-corrected chi connectivity index (χ2v) is 8.13. The summed E-state index contributed by atoms with van der Waals surface area (Å²) < 4.78 is 9.97. The van der Waals surface area contributed by atoms with Gasteiger partial charge in [0.2, 0.25) is 11.0 Å². The van der Waals surface area contributed by atoms with Crippen molar-refractivity contribution >= 4 is 40.6 Å². The van der Waals surface area contributed by atoms with E-state index < -0.39 is 11.9 Å². The first-order chi connectivity index (χ1) is 15.5. The zero-order valence-electron chi connectivity index (χ0n) is 18.2. The van der Waals surface area contributed by atoms with Gasteiger partial charge in [-0.25, -0.2) is 9.79 Å². The molecule has 9 heteroatoms. The lowest BCUT2D eigenvalue weighted by Gasteiger charge is -2.37. The monoisotopic (exact) mass is 454 g/mol. The van der Waals surface area contributed by atoms with Crippen molar-refractivity contribution in [2.24, 2.45) is 10.9 Å². The Hall–Kier alpha value is -3.04. The number of carbonyl (C=O) groups excluding carboxylic acids is 2. The number of hydrogen-bond donors (Lipinski definition) is 0. The quantitative estimate of drug-likeness (QED) is 0.478. The van der Waals surface area contributed by atoms with Crippen LogP contribution in [0.1, 0.15) is 0 Å². The summed E-state index contributed by atoms with van der Waals surface area (Å²) in [4.78, 5) is 35.4. The van der Waals surface area contributed by atoms with Crippen molar-refractivity contribution in [1.29, 1.82) is 0 Å². The van der Waals surface area contributed by atoms with Crippen molar-refractivity contribution in [2.75, 3.05) is 58.4 Å². The normalized spacial score (nSPS) is 21.1. The third kappa shape index (κ3) is 4.58. The van der Waals surface area contributed by atoms with Crippen LogP contribution in [-0.2, 0) is 14.3 Å². The molecule has 0 saturated carbocycles. The van der Waals surface area contributed by atoms with E-state index in [1.54, 1.807) is 30.2 Å². The van der Waals surface area contributed by atoms with Gasteiger partial charge in [0.15, 0.2) is 0 Å². The van der Waals surface area contributed by atoms with Crippen LogP contribution in [0.15, 0.2) is 53.1 Å². The molecule has 1 aromatic rings. The van der Waals surface area contributed by atoms with Crippen LogP contribution in [-0.4, -0.2) is 86.0 Å². The number of piperazine rings is 1. The van der Waals surface area contributed by atoms with Crippen molar-refractivity contribution < 1.29 is 19.1 Å². The lowest BCUT2D eigenvalue weighted by Crippen LogP contribution is -2.52. The number of rotatable bonds is 6. The number of esters is 1. The van der Waals surface area contributed by atoms with Gasteiger partial charge in [-0.05, 0) is 42.6 Å². The lowest BCUT2D eigenvalue weighted by molar-refractivity contribution is -0.135. The van der Waals surface area contributed by atoms with Crippen LogP contribution in [0, 0.1) is 5.92 Å². The Balaban J connectivity index is 1.32. The Labute approximate surface area is 192 Å². The van der Waals surface area contributed by atoms with Crippen molar-refractivity contribution in [2.45, 2.75) is 0 Å². The van der Waals surface area contributed by atoms with Crippen LogP contribution >= 0.6 is 12.2 Å². The van der Waals surface area contributed by atoms with Gasteiger partial charge >= 0.3 is 5.97 Å². The molecule has 0 spiro atoms. The summed E-state index contributed by atoms with van der Waals surface area (Å²) in [7, 11) is 2.99. The van der Waals surface area contributed by atoms with Crippen LogP contribution in [0.4, 0.5) is 5.69 Å². The van der Waals surface area contributed by atoms with E-state index >= 15 is 0 Å². The van der Waals surface area contributed by atoms with Crippen molar-refractivity contribution in [3.63, 3.8) is 0 Å². The van der Waals surface area contributed by atoms with Crippen LogP contribution in [0.2, 0.25) is 0 Å². The van der Waals surface area contributed by atoms with E-state index in [1.807, 2.05) is 12.1 Å². The topological polar surface area (TPSA) is 74.7 Å². The molecule has 32 heavy (non-hydrogen) atoms. The molecule has 0 bridgehead atoms. The SMILES string of the molecule is COC(=O)C1=CC2=NC(=S)N(CCN3CCN(c4ccc(OC)cc4)CC3)C(=O)C2C=C1. The Morgan fingerprint density at radius 2 is 1.84 bits per heavy atom. The molecule has 4 rings (SSSR count). The van der Waals surface area contributed by atoms with Gasteiger partial charge in [0.05, 0.1) is 31.4 Å². The highest BCUT2D eigenvalue weighted by molar-refractivity contribution is 7.80. The maximum Gasteiger partial charge on any atom is 0.337 e. The Bertz CT molecular complexity index is 994. The molecule has 1 atom stereocenters. The summed E-state index contributed by atoms with van der Waals surface area (Å²) in [6.07, 6.45) is 4.88. The molecule has 0 aromatic heterocycles. The maximum absolute atomic E-state index is 13.0. The molecule has 2 heterocycles. The number of ether oxygens (including phenoxy) is 2. The van der Waals surface area contributed by atoms with Gasteiger partial charge in [-0.15, -0.1) is 0 Å². The number of carbonyl (C=O) groups is 2. The third-order valence-corrected chi connectivity index (χ3v) is 6.26. The molecule has 1 aliphatic carbocycles. The number of hydrogen-bond acceptors (Lipinski definition) is 7. The van der Waals surface area contributed by atoms with Gasteiger partial charge in [-0.3, -0.25) is 14.6 Å². The van der Waals surface area contributed by atoms with E-state index in [4.69, 9.17) is 21.7 Å². The van der Waals surface area contributed by atoms with Gasteiger partial charge in [0, 0.05) is 45.0 Å². The second-order valence-electron chi connectivity index (χ2n) is 7.76. The van der Waals surface area contributed by atoms with Gasteiger partial charge in [0.25, 0.3) is 0 Å². The zero-order chi connectivity index (χ0) is 22.7. The Morgan fingerprint density at radius 3 is 2.50 bits per heavy atom. The van der Waals surface area contributed by atoms with Gasteiger partial charge in [0.1, 0.15) is 5.75 Å². The molecule has 0 radical (unpaired) electrons. The first-order valence-corrected chi connectivity index (χ1v) is 10.9. The summed E-state index contributed by atoms with van der Waals surface area (Å²) in [6, 6.07) is 8.10. The average molecular weight is 455 g/mol. The fourth-order valence-electron chi connectivity index (χ4n) is 4.05. The maximum atomic E-state index is 13.0. The number of anilines is 1. The van der Waals surface area contributed by atoms with E-state index in [0.717, 1.165) is 38.5 Å². The van der Waals surface area contributed by atoms with E-state index in [0.29, 0.717) is 17.8 Å². The van der Waals surface area contributed by atoms with E-state index in [2.05, 4.69) is 26.9 Å². The average Bonchev–Trinajstić information content (AvgIpc) is 2.83. The standard InChI is InChI=1S/C23H26N4O4S/c1-30-18-6-4-17(5-7-18)26-12-9-25(10-13-26)11-14-27-21(28)19-8-3-16(22(29)31-2)15-20(19)24-23(27)32/h3-8,15,19H,9-14H2,1-2H3. The molecule has 2 aliphatic heterocycles. The number of allylic oxidation sites excluding steroid dienone is 1. The largest absolute Gasteiger partial charge is 0.497 e. The number of aliphatic imine (C=N–C) groups is 1. The molecule has 0 N–H and O–H groups in total. The van der Waals surface area contributed by atoms with Crippen LogP contribution in [0.3, 0.4) is 0 Å². The molecular formula is C23H26N4O4S. The summed E-state index contributed by atoms with van der Waals surface area (Å²) >= 11 is 5.39. The molecule has 1 saturated heterocycles. The predicted molar refractivity (Wildman–Crippen MR) is 126 cm³/mol. The van der Waals surface area contributed by atoms with Gasteiger partial charge < -0.3 is 14.4 Å². The minimum absolute atomic E-state index is 0.103. The van der Waals surface area contributed by atoms with Crippen molar-refractivity contribution in [1.82, 2.24) is 9.80 Å². The van der Waals surface area contributed by atoms with Gasteiger partial charge in [-0.1, -0.05) is 12.2 Å². The van der Waals surface area contributed by atoms with Gasteiger partial charge in [-0.2, -0.15) is 0 Å². The van der Waals surface area contributed by atoms with Crippen LogP contribution in [0.25, 0.3) is 0 Å². The zero-order valence-corrected chi connectivity index (χ0v) is 19.0. The van der Waals surface area contributed by atoms with Crippen molar-refractivity contribution in [3.05, 3.63) is 48.1 Å². The minimum Gasteiger partial charge on any atom is -0.497 e. The molecule has 1 fully saturated rings. The minimum atomic E-state index is -0.512. The highest BCUT2D eigenvalue weighted by Crippen LogP contribution is 2.23. The molecule has 1 aromatic carbocycles. The number of benzene rings is 1. The Kier molecular flexibility index (Phi) is 6.66. The summed E-state index contributed by atoms with van der Waals surface area (Å²) in [5.41, 5.74) is 2.04. The lowest BCUT2D eigenvalue weighted by atomic mass is 9.92. The number of fused-ring (bicyclic) bond motifs is 1. The van der Waals surface area contributed by atoms with Crippen LogP contribution in [0.5, 0.6) is 5.75 Å². The highest BCUT2D eigenvalue weighted by atomic mass is 32.1. The number of methoxy groups -OCH3 is 2. The smallest absolute Gasteiger partial charge is 0.337 e. The first-order valence-electron chi connectivity index (χ1n) is 10.5. The summed E-state index contributed by atoms with van der Waals surface area (Å²) in [5.74, 6) is -0.225. The molecule has 3 aliphatic rings. The first kappa shape index (κ1) is 22.2. The second kappa shape index (κ2) is 9.62. The van der Waals surface area contributed by atoms with E-state index in [-0.39, 0.29) is 11.0 Å². The van der Waals surface area contributed by atoms with E-state index in [9.17, 15) is 9.59 Å². The van der Waals surface area contributed by atoms with Crippen LogP contribution < -0.4 is 9.64 Å². The molecule has 1 unspecified atom stereocenters. The number of thiocarbonyl (C=S) groups is 1. The van der Waals surface area contributed by atoms with Crippen molar-refractivity contribution in [3.8, 4) is 5.75 Å². The molecule has 168 valence electrons. The number of amides is 1. The molecular weight excluding hydrogens is 428 g/mol. The fraction of sp³-hybridized carbons (Fsp3) is 0.391. The summed E-state index contributed by atoms with van der Waals surface area (Å²) in [6.45, 7) is 4.87. The predicted octanol–water partition coefficient (Wildman–Crippen LogP) is 1.67.